The Morgan fingerprint density at radius 2 is 2.19 bits per heavy atom. The van der Waals surface area contributed by atoms with Crippen LogP contribution in [0.25, 0.3) is 0 Å². The number of halogens is 1. The topological polar surface area (TPSA) is 46.0 Å². The molecule has 2 aromatic heterocycles. The van der Waals surface area contributed by atoms with Crippen molar-refractivity contribution in [1.82, 2.24) is 19.9 Å². The van der Waals surface area contributed by atoms with Crippen LogP contribution >= 0.6 is 0 Å². The van der Waals surface area contributed by atoms with Crippen LogP contribution in [-0.2, 0) is 20.1 Å². The van der Waals surface area contributed by atoms with Gasteiger partial charge in [-0.25, -0.2) is 14.4 Å². The van der Waals surface area contributed by atoms with Crippen molar-refractivity contribution in [3.05, 3.63) is 41.9 Å². The van der Waals surface area contributed by atoms with Crippen molar-refractivity contribution in [1.29, 1.82) is 0 Å². The molecule has 21 heavy (non-hydrogen) atoms. The molecule has 0 aliphatic heterocycles. The van der Waals surface area contributed by atoms with Gasteiger partial charge in [0.15, 0.2) is 11.6 Å². The number of rotatable bonds is 6. The number of anilines is 1. The molecule has 1 N–H and O–H groups in total. The van der Waals surface area contributed by atoms with Gasteiger partial charge < -0.3 is 14.8 Å². The first-order valence-corrected chi connectivity index (χ1v) is 7.19. The molecule has 0 spiro atoms. The zero-order valence-corrected chi connectivity index (χ0v) is 12.4. The number of aromatic nitrogens is 3. The number of imidazole rings is 1. The summed E-state index contributed by atoms with van der Waals surface area (Å²) < 4.78 is 16.5. The van der Waals surface area contributed by atoms with E-state index in [1.54, 1.807) is 23.4 Å². The maximum atomic E-state index is 14.6. The maximum Gasteiger partial charge on any atom is 0.170 e. The fourth-order valence-electron chi connectivity index (χ4n) is 2.25. The van der Waals surface area contributed by atoms with Gasteiger partial charge >= 0.3 is 0 Å². The smallest absolute Gasteiger partial charge is 0.170 e. The lowest BCUT2D eigenvalue weighted by atomic mass is 10.2. The van der Waals surface area contributed by atoms with E-state index < -0.39 is 0 Å². The van der Waals surface area contributed by atoms with Crippen molar-refractivity contribution >= 4 is 5.82 Å². The molecule has 6 heteroatoms. The number of hydrogen-bond donors (Lipinski definition) is 1. The molecule has 112 valence electrons. The van der Waals surface area contributed by atoms with Gasteiger partial charge in [-0.15, -0.1) is 0 Å². The zero-order valence-electron chi connectivity index (χ0n) is 12.4. The van der Waals surface area contributed by atoms with E-state index in [0.29, 0.717) is 30.5 Å². The first kappa shape index (κ1) is 14.0. The van der Waals surface area contributed by atoms with Crippen molar-refractivity contribution in [2.45, 2.75) is 32.0 Å². The van der Waals surface area contributed by atoms with E-state index in [0.717, 1.165) is 5.82 Å². The van der Waals surface area contributed by atoms with Gasteiger partial charge in [0.1, 0.15) is 5.82 Å². The molecule has 2 aromatic rings. The summed E-state index contributed by atoms with van der Waals surface area (Å²) in [6, 6.07) is 2.30. The van der Waals surface area contributed by atoms with E-state index in [4.69, 9.17) is 0 Å². The minimum atomic E-state index is -0.248. The van der Waals surface area contributed by atoms with Gasteiger partial charge in [0.25, 0.3) is 0 Å². The summed E-state index contributed by atoms with van der Waals surface area (Å²) in [6.07, 6.45) is 7.67. The minimum absolute atomic E-state index is 0.248. The Kier molecular flexibility index (Phi) is 3.88. The first-order chi connectivity index (χ1) is 10.1. The normalized spacial score (nSPS) is 14.4. The van der Waals surface area contributed by atoms with Crippen LogP contribution in [0.3, 0.4) is 0 Å². The lowest BCUT2D eigenvalue weighted by Gasteiger charge is -2.19. The van der Waals surface area contributed by atoms with Crippen LogP contribution in [-0.4, -0.2) is 27.6 Å². The molecule has 1 fully saturated rings. The molecule has 1 aliphatic rings. The third-order valence-corrected chi connectivity index (χ3v) is 3.77. The van der Waals surface area contributed by atoms with Crippen molar-refractivity contribution in [3.8, 4) is 0 Å². The summed E-state index contributed by atoms with van der Waals surface area (Å²) in [7, 11) is 3.76. The highest BCUT2D eigenvalue weighted by molar-refractivity contribution is 5.42. The molecule has 1 aliphatic carbocycles. The van der Waals surface area contributed by atoms with E-state index >= 15 is 0 Å². The third kappa shape index (κ3) is 3.21. The summed E-state index contributed by atoms with van der Waals surface area (Å²) in [5.74, 6) is 0.996. The van der Waals surface area contributed by atoms with Crippen LogP contribution < -0.4 is 10.2 Å². The number of nitrogens with zero attached hydrogens (tertiary/aromatic N) is 4. The van der Waals surface area contributed by atoms with Crippen LogP contribution in [0.15, 0.2) is 24.7 Å². The van der Waals surface area contributed by atoms with Crippen molar-refractivity contribution in [2.75, 3.05) is 11.9 Å². The lowest BCUT2D eigenvalue weighted by Crippen LogP contribution is -2.23. The second-order valence-electron chi connectivity index (χ2n) is 5.57. The summed E-state index contributed by atoms with van der Waals surface area (Å²) >= 11 is 0. The second-order valence-corrected chi connectivity index (χ2v) is 5.57. The first-order valence-electron chi connectivity index (χ1n) is 7.19. The lowest BCUT2D eigenvalue weighted by molar-refractivity contribution is 0.576. The summed E-state index contributed by atoms with van der Waals surface area (Å²) in [5.41, 5.74) is 0.665. The predicted molar refractivity (Wildman–Crippen MR) is 79.4 cm³/mol. The third-order valence-electron chi connectivity index (χ3n) is 3.77. The fourth-order valence-corrected chi connectivity index (χ4v) is 2.25. The molecule has 0 radical (unpaired) electrons. The molecule has 0 atom stereocenters. The molecule has 0 aromatic carbocycles. The minimum Gasteiger partial charge on any atom is -0.350 e. The van der Waals surface area contributed by atoms with Gasteiger partial charge in [0.2, 0.25) is 0 Å². The molecule has 5 nitrogen and oxygen atoms in total. The van der Waals surface area contributed by atoms with Gasteiger partial charge in [-0.05, 0) is 18.9 Å². The standard InChI is InChI=1S/C15H20FN5/c1-20-8-7-17-13(20)10-21(2)15-14(16)11(5-6-18-15)9-19-12-3-4-12/h5-8,12,19H,3-4,9-10H2,1-2H3. The van der Waals surface area contributed by atoms with Crippen LogP contribution in [0.5, 0.6) is 0 Å². The van der Waals surface area contributed by atoms with E-state index in [1.165, 1.54) is 12.8 Å². The highest BCUT2D eigenvalue weighted by Gasteiger charge is 2.21. The highest BCUT2D eigenvalue weighted by Crippen LogP contribution is 2.22. The van der Waals surface area contributed by atoms with E-state index in [9.17, 15) is 4.39 Å². The Morgan fingerprint density at radius 1 is 1.38 bits per heavy atom. The monoisotopic (exact) mass is 289 g/mol. The molecule has 0 amide bonds. The summed E-state index contributed by atoms with van der Waals surface area (Å²) in [6.45, 7) is 1.08. The SMILES string of the molecule is CN(Cc1nccn1C)c1nccc(CNC2CC2)c1F. The predicted octanol–water partition coefficient (Wildman–Crippen LogP) is 1.84. The molecule has 0 bridgehead atoms. The Labute approximate surface area is 123 Å². The van der Waals surface area contributed by atoms with Crippen molar-refractivity contribution < 1.29 is 4.39 Å². The number of pyridine rings is 1. The van der Waals surface area contributed by atoms with Crippen LogP contribution in [0.2, 0.25) is 0 Å². The Balaban J connectivity index is 1.74. The average molecular weight is 289 g/mol. The van der Waals surface area contributed by atoms with Crippen LogP contribution in [0.1, 0.15) is 24.2 Å². The van der Waals surface area contributed by atoms with Gasteiger partial charge in [-0.3, -0.25) is 0 Å². The fraction of sp³-hybridized carbons (Fsp3) is 0.467. The summed E-state index contributed by atoms with van der Waals surface area (Å²) in [4.78, 5) is 10.2. The summed E-state index contributed by atoms with van der Waals surface area (Å²) in [5, 5.41) is 3.33. The Morgan fingerprint density at radius 3 is 2.86 bits per heavy atom. The van der Waals surface area contributed by atoms with E-state index in [-0.39, 0.29) is 5.82 Å². The van der Waals surface area contributed by atoms with Crippen molar-refractivity contribution in [3.63, 3.8) is 0 Å². The molecule has 0 unspecified atom stereocenters. The molecular formula is C15H20FN5. The van der Waals surface area contributed by atoms with Gasteiger partial charge in [-0.1, -0.05) is 0 Å². The quantitative estimate of drug-likeness (QED) is 0.881. The molecule has 1 saturated carbocycles. The molecule has 2 heterocycles. The Bertz CT molecular complexity index is 620. The van der Waals surface area contributed by atoms with Gasteiger partial charge in [0, 0.05) is 50.8 Å². The Hall–Kier alpha value is -1.95. The molecule has 3 rings (SSSR count). The van der Waals surface area contributed by atoms with Crippen LogP contribution in [0, 0.1) is 5.82 Å². The van der Waals surface area contributed by atoms with Crippen LogP contribution in [0.4, 0.5) is 10.2 Å². The van der Waals surface area contributed by atoms with Gasteiger partial charge in [-0.2, -0.15) is 0 Å². The highest BCUT2D eigenvalue weighted by atomic mass is 19.1. The average Bonchev–Trinajstić information content (AvgIpc) is 3.21. The largest absolute Gasteiger partial charge is 0.350 e. The maximum absolute atomic E-state index is 14.6. The number of hydrogen-bond acceptors (Lipinski definition) is 4. The second kappa shape index (κ2) is 5.81. The molecule has 0 saturated heterocycles. The molecular weight excluding hydrogens is 269 g/mol. The van der Waals surface area contributed by atoms with Gasteiger partial charge in [0.05, 0.1) is 6.54 Å². The van der Waals surface area contributed by atoms with Crippen molar-refractivity contribution in [2.24, 2.45) is 7.05 Å². The van der Waals surface area contributed by atoms with E-state index in [2.05, 4.69) is 15.3 Å². The number of aryl methyl sites for hydroxylation is 1. The number of nitrogens with one attached hydrogen (secondary N) is 1. The van der Waals surface area contributed by atoms with E-state index in [1.807, 2.05) is 24.9 Å². The zero-order chi connectivity index (χ0) is 14.8.